The standard InChI is InChI=1S/C25H20F3NO5/c1-13-11-14(2)23(33-3)17(12-13)21(30)19-20(18-5-4-10-34-18)29(24(32)22(19)31)16-8-6-15(7-9-16)25(26,27)28/h4-12,20,30H,1-3H3/b21-19-. The van der Waals surface area contributed by atoms with Crippen LogP contribution in [0.2, 0.25) is 0 Å². The molecule has 2 aromatic carbocycles. The second kappa shape index (κ2) is 8.40. The molecule has 0 spiro atoms. The van der Waals surface area contributed by atoms with Gasteiger partial charge < -0.3 is 14.3 Å². The minimum atomic E-state index is -4.56. The largest absolute Gasteiger partial charge is 0.507 e. The van der Waals surface area contributed by atoms with Crippen LogP contribution in [0.15, 0.2) is 64.8 Å². The predicted octanol–water partition coefficient (Wildman–Crippen LogP) is 5.55. The fraction of sp³-hybridized carbons (Fsp3) is 0.200. The van der Waals surface area contributed by atoms with E-state index in [-0.39, 0.29) is 22.6 Å². The highest BCUT2D eigenvalue weighted by Gasteiger charge is 2.48. The summed E-state index contributed by atoms with van der Waals surface area (Å²) in [5.41, 5.74) is 0.581. The number of ketones is 1. The zero-order chi connectivity index (χ0) is 24.8. The summed E-state index contributed by atoms with van der Waals surface area (Å²) in [6.07, 6.45) is -3.23. The van der Waals surface area contributed by atoms with E-state index in [1.165, 1.54) is 19.4 Å². The highest BCUT2D eigenvalue weighted by atomic mass is 19.4. The van der Waals surface area contributed by atoms with Crippen molar-refractivity contribution in [1.82, 2.24) is 0 Å². The van der Waals surface area contributed by atoms with Crippen LogP contribution in [-0.4, -0.2) is 23.9 Å². The number of alkyl halides is 3. The first-order valence-electron chi connectivity index (χ1n) is 10.2. The Kier molecular flexibility index (Phi) is 5.72. The number of furan rings is 1. The van der Waals surface area contributed by atoms with E-state index in [0.29, 0.717) is 11.3 Å². The van der Waals surface area contributed by atoms with Crippen LogP contribution in [0.4, 0.5) is 18.9 Å². The highest BCUT2D eigenvalue weighted by molar-refractivity contribution is 6.51. The second-order valence-electron chi connectivity index (χ2n) is 7.89. The van der Waals surface area contributed by atoms with Crippen molar-refractivity contribution in [2.24, 2.45) is 0 Å². The van der Waals surface area contributed by atoms with Gasteiger partial charge in [-0.3, -0.25) is 14.5 Å². The zero-order valence-corrected chi connectivity index (χ0v) is 18.4. The number of hydrogen-bond acceptors (Lipinski definition) is 5. The van der Waals surface area contributed by atoms with Crippen molar-refractivity contribution >= 4 is 23.1 Å². The number of nitrogens with zero attached hydrogens (tertiary/aromatic N) is 1. The maximum Gasteiger partial charge on any atom is 0.416 e. The first-order valence-corrected chi connectivity index (χ1v) is 10.2. The minimum absolute atomic E-state index is 0.0444. The minimum Gasteiger partial charge on any atom is -0.507 e. The number of carbonyl (C=O) groups excluding carboxylic acids is 2. The molecule has 3 aromatic rings. The summed E-state index contributed by atoms with van der Waals surface area (Å²) >= 11 is 0. The van der Waals surface area contributed by atoms with Crippen LogP contribution in [0.3, 0.4) is 0 Å². The molecular weight excluding hydrogens is 451 g/mol. The van der Waals surface area contributed by atoms with E-state index in [9.17, 15) is 27.9 Å². The Morgan fingerprint density at radius 1 is 1.09 bits per heavy atom. The predicted molar refractivity (Wildman–Crippen MR) is 117 cm³/mol. The number of methoxy groups -OCH3 is 1. The molecule has 34 heavy (non-hydrogen) atoms. The molecule has 1 unspecified atom stereocenters. The van der Waals surface area contributed by atoms with E-state index < -0.39 is 35.2 Å². The Bertz CT molecular complexity index is 1290. The van der Waals surface area contributed by atoms with Crippen LogP contribution in [0.25, 0.3) is 5.76 Å². The van der Waals surface area contributed by atoms with Crippen LogP contribution < -0.4 is 9.64 Å². The molecule has 176 valence electrons. The molecular formula is C25H20F3NO5. The quantitative estimate of drug-likeness (QED) is 0.307. The molecule has 2 heterocycles. The van der Waals surface area contributed by atoms with Crippen LogP contribution in [0.1, 0.15) is 34.1 Å². The topological polar surface area (TPSA) is 80.0 Å². The first kappa shape index (κ1) is 23.2. The third-order valence-corrected chi connectivity index (χ3v) is 5.61. The number of carbonyl (C=O) groups is 2. The normalized spacial score (nSPS) is 17.9. The van der Waals surface area contributed by atoms with Crippen molar-refractivity contribution in [3.8, 4) is 5.75 Å². The van der Waals surface area contributed by atoms with Gasteiger partial charge in [0.15, 0.2) is 0 Å². The molecule has 0 saturated carbocycles. The van der Waals surface area contributed by atoms with Gasteiger partial charge in [0.2, 0.25) is 0 Å². The number of aliphatic hydroxyl groups excluding tert-OH is 1. The lowest BCUT2D eigenvalue weighted by Crippen LogP contribution is -2.29. The number of aliphatic hydroxyl groups is 1. The number of Topliss-reactive ketones (excluding diaryl/α,β-unsaturated/α-hetero) is 1. The Morgan fingerprint density at radius 3 is 2.32 bits per heavy atom. The Labute approximate surface area is 192 Å². The van der Waals surface area contributed by atoms with E-state index in [4.69, 9.17) is 9.15 Å². The van der Waals surface area contributed by atoms with E-state index >= 15 is 0 Å². The molecule has 1 N–H and O–H groups in total. The van der Waals surface area contributed by atoms with E-state index in [1.54, 1.807) is 26.0 Å². The summed E-state index contributed by atoms with van der Waals surface area (Å²) in [6.45, 7) is 3.57. The maximum absolute atomic E-state index is 13.1. The smallest absolute Gasteiger partial charge is 0.416 e. The van der Waals surface area contributed by atoms with E-state index in [2.05, 4.69) is 0 Å². The van der Waals surface area contributed by atoms with Crippen molar-refractivity contribution < 1.29 is 37.0 Å². The van der Waals surface area contributed by atoms with E-state index in [1.807, 2.05) is 6.07 Å². The van der Waals surface area contributed by atoms with Gasteiger partial charge in [0.05, 0.1) is 30.1 Å². The molecule has 4 rings (SSSR count). The molecule has 9 heteroatoms. The zero-order valence-electron chi connectivity index (χ0n) is 18.4. The van der Waals surface area contributed by atoms with Crippen molar-refractivity contribution in [3.05, 3.63) is 88.4 Å². The lowest BCUT2D eigenvalue weighted by molar-refractivity contribution is -0.137. The summed E-state index contributed by atoms with van der Waals surface area (Å²) in [4.78, 5) is 27.2. The molecule has 1 atom stereocenters. The monoisotopic (exact) mass is 471 g/mol. The number of anilines is 1. The van der Waals surface area contributed by atoms with Gasteiger partial charge in [-0.1, -0.05) is 6.07 Å². The summed E-state index contributed by atoms with van der Waals surface area (Å²) < 4.78 is 50.0. The van der Waals surface area contributed by atoms with Crippen molar-refractivity contribution in [2.45, 2.75) is 26.1 Å². The fourth-order valence-corrected chi connectivity index (χ4v) is 4.17. The van der Waals surface area contributed by atoms with Crippen LogP contribution in [0.5, 0.6) is 5.75 Å². The SMILES string of the molecule is COc1c(C)cc(C)cc1/C(O)=C1/C(=O)C(=O)N(c2ccc(C(F)(F)F)cc2)C1c1ccco1. The average molecular weight is 471 g/mol. The Hall–Kier alpha value is -4.01. The molecule has 1 aromatic heterocycles. The maximum atomic E-state index is 13.1. The van der Waals surface area contributed by atoms with Crippen molar-refractivity contribution in [3.63, 3.8) is 0 Å². The van der Waals surface area contributed by atoms with Crippen molar-refractivity contribution in [2.75, 3.05) is 12.0 Å². The second-order valence-corrected chi connectivity index (χ2v) is 7.89. The van der Waals surface area contributed by atoms with E-state index in [0.717, 1.165) is 34.7 Å². The number of hydrogen-bond donors (Lipinski definition) is 1. The molecule has 0 bridgehead atoms. The van der Waals surface area contributed by atoms with Crippen LogP contribution >= 0.6 is 0 Å². The lowest BCUT2D eigenvalue weighted by Gasteiger charge is -2.24. The summed E-state index contributed by atoms with van der Waals surface area (Å²) in [7, 11) is 1.42. The molecule has 1 fully saturated rings. The molecule has 1 saturated heterocycles. The third kappa shape index (κ3) is 3.83. The van der Waals surface area contributed by atoms with Gasteiger partial charge >= 0.3 is 6.18 Å². The highest BCUT2D eigenvalue weighted by Crippen LogP contribution is 2.44. The average Bonchev–Trinajstić information content (AvgIpc) is 3.39. The van der Waals surface area contributed by atoms with Gasteiger partial charge in [-0.15, -0.1) is 0 Å². The molecule has 1 amide bonds. The molecule has 0 aliphatic carbocycles. The summed E-state index contributed by atoms with van der Waals surface area (Å²) in [6, 6.07) is 9.15. The summed E-state index contributed by atoms with van der Waals surface area (Å²) in [5.74, 6) is -2.00. The number of amides is 1. The molecule has 6 nitrogen and oxygen atoms in total. The van der Waals surface area contributed by atoms with Gasteiger partial charge in [-0.2, -0.15) is 13.2 Å². The number of benzene rings is 2. The Morgan fingerprint density at radius 2 is 1.76 bits per heavy atom. The van der Waals surface area contributed by atoms with Crippen LogP contribution in [-0.2, 0) is 15.8 Å². The van der Waals surface area contributed by atoms with Crippen LogP contribution in [0, 0.1) is 13.8 Å². The molecule has 0 radical (unpaired) electrons. The molecule has 1 aliphatic heterocycles. The van der Waals surface area contributed by atoms with Gasteiger partial charge in [0.25, 0.3) is 11.7 Å². The van der Waals surface area contributed by atoms with Gasteiger partial charge in [-0.25, -0.2) is 0 Å². The first-order chi connectivity index (χ1) is 16.0. The van der Waals surface area contributed by atoms with Crippen molar-refractivity contribution in [1.29, 1.82) is 0 Å². The number of halogens is 3. The Balaban J connectivity index is 1.93. The fourth-order valence-electron chi connectivity index (χ4n) is 4.17. The number of ether oxygens (including phenoxy) is 1. The lowest BCUT2D eigenvalue weighted by atomic mass is 9.96. The third-order valence-electron chi connectivity index (χ3n) is 5.61. The molecule has 1 aliphatic rings. The number of rotatable bonds is 4. The van der Waals surface area contributed by atoms with Gasteiger partial charge in [0, 0.05) is 5.69 Å². The summed E-state index contributed by atoms with van der Waals surface area (Å²) in [5, 5.41) is 11.3. The van der Waals surface area contributed by atoms with Gasteiger partial charge in [-0.05, 0) is 67.4 Å². The van der Waals surface area contributed by atoms with Gasteiger partial charge in [0.1, 0.15) is 23.3 Å². The number of aryl methyl sites for hydroxylation is 2.